The van der Waals surface area contributed by atoms with Crippen molar-refractivity contribution >= 4 is 57.2 Å². The molecule has 4 aromatic heterocycles. The maximum absolute atomic E-state index is 12.7. The summed E-state index contributed by atoms with van der Waals surface area (Å²) < 4.78 is 20.4. The lowest BCUT2D eigenvalue weighted by atomic mass is 9.79. The molecular weight excluding hydrogens is 765 g/mol. The quantitative estimate of drug-likeness (QED) is 0.0747. The number of nitrogen functional groups attached to an aromatic ring is 1. The number of aromatic nitrogens is 4. The molecule has 0 aliphatic carbocycles. The smallest absolute Gasteiger partial charge is 0.337 e. The fourth-order valence-electron chi connectivity index (χ4n) is 6.92. The molecule has 4 aromatic carbocycles. The number of furan rings is 2. The maximum Gasteiger partial charge on any atom is 0.337 e. The first-order valence-corrected chi connectivity index (χ1v) is 18.1. The SMILES string of the molecule is C.C.Nc1cc(-c2ccco2)[nH]n1.O=C1COC(=O)C1.O=C1OCC2=C1C(c1cccc3ccccc13)c1c(n[nH]c1-c1ccco1)N2.O=Cc1cccc2ccccc12. The minimum absolute atomic E-state index is 0. The van der Waals surface area contributed by atoms with Gasteiger partial charge < -0.3 is 29.4 Å². The van der Waals surface area contributed by atoms with E-state index >= 15 is 0 Å². The van der Waals surface area contributed by atoms with E-state index in [4.69, 9.17) is 19.3 Å². The van der Waals surface area contributed by atoms with Crippen molar-refractivity contribution in [3.8, 4) is 22.9 Å². The van der Waals surface area contributed by atoms with Crippen molar-refractivity contribution < 1.29 is 37.5 Å². The predicted octanol–water partition coefficient (Wildman–Crippen LogP) is 8.87. The number of anilines is 2. The van der Waals surface area contributed by atoms with E-state index in [9.17, 15) is 19.2 Å². The van der Waals surface area contributed by atoms with Gasteiger partial charge in [-0.25, -0.2) is 4.79 Å². The number of aldehydes is 1. The number of Topliss-reactive ketones (excluding diaryl/α,β-unsaturated/α-hetero) is 1. The predicted molar refractivity (Wildman–Crippen MR) is 228 cm³/mol. The average Bonchev–Trinajstić information content (AvgIpc) is 4.12. The zero-order valence-electron chi connectivity index (χ0n) is 30.6. The van der Waals surface area contributed by atoms with Gasteiger partial charge in [-0.05, 0) is 51.4 Å². The van der Waals surface area contributed by atoms with Gasteiger partial charge in [0.2, 0.25) is 0 Å². The number of esters is 2. The van der Waals surface area contributed by atoms with Crippen LogP contribution in [0.5, 0.6) is 0 Å². The second-order valence-corrected chi connectivity index (χ2v) is 13.2. The van der Waals surface area contributed by atoms with Gasteiger partial charge >= 0.3 is 11.9 Å². The molecule has 0 amide bonds. The first kappa shape index (κ1) is 41.6. The van der Waals surface area contributed by atoms with Gasteiger partial charge in [-0.3, -0.25) is 24.6 Å². The number of hydrogen-bond donors (Lipinski definition) is 4. The summed E-state index contributed by atoms with van der Waals surface area (Å²) in [7, 11) is 0. The summed E-state index contributed by atoms with van der Waals surface area (Å²) in [5.41, 5.74) is 11.1. The molecule has 5 N–H and O–H groups in total. The van der Waals surface area contributed by atoms with Crippen LogP contribution in [-0.4, -0.2) is 57.6 Å². The number of cyclic esters (lactones) is 2. The summed E-state index contributed by atoms with van der Waals surface area (Å²) >= 11 is 0. The van der Waals surface area contributed by atoms with Crippen molar-refractivity contribution in [2.75, 3.05) is 24.3 Å². The van der Waals surface area contributed by atoms with Crippen LogP contribution in [0, 0.1) is 0 Å². The van der Waals surface area contributed by atoms with Gasteiger partial charge in [0.1, 0.15) is 30.2 Å². The van der Waals surface area contributed by atoms with E-state index in [0.29, 0.717) is 23.0 Å². The van der Waals surface area contributed by atoms with E-state index in [1.807, 2.05) is 84.9 Å². The Kier molecular flexibility index (Phi) is 12.8. The van der Waals surface area contributed by atoms with E-state index in [2.05, 4.69) is 54.7 Å². The third-order valence-electron chi connectivity index (χ3n) is 9.52. The number of aromatic amines is 2. The minimum atomic E-state index is -0.398. The Bertz CT molecular complexity index is 2780. The normalized spacial score (nSPS) is 14.6. The zero-order valence-corrected chi connectivity index (χ0v) is 30.6. The van der Waals surface area contributed by atoms with E-state index in [-0.39, 0.29) is 52.2 Å². The number of ether oxygens (including phenoxy) is 2. The molecule has 3 aliphatic rings. The van der Waals surface area contributed by atoms with Crippen molar-refractivity contribution in [3.05, 3.63) is 156 Å². The highest BCUT2D eigenvalue weighted by Crippen LogP contribution is 2.48. The minimum Gasteiger partial charge on any atom is -0.463 e. The number of carbonyl (C=O) groups is 4. The molecule has 7 heterocycles. The third kappa shape index (κ3) is 8.62. The van der Waals surface area contributed by atoms with Gasteiger partial charge in [0.25, 0.3) is 0 Å². The topological polar surface area (TPSA) is 208 Å². The van der Waals surface area contributed by atoms with E-state index in [0.717, 1.165) is 67.4 Å². The molecule has 0 saturated carbocycles. The lowest BCUT2D eigenvalue weighted by molar-refractivity contribution is -0.138. The molecule has 0 radical (unpaired) electrons. The fourth-order valence-corrected chi connectivity index (χ4v) is 6.92. The molecule has 1 fully saturated rings. The molecule has 0 spiro atoms. The molecule has 14 heteroatoms. The van der Waals surface area contributed by atoms with Crippen molar-refractivity contribution in [3.63, 3.8) is 0 Å². The molecule has 1 unspecified atom stereocenters. The van der Waals surface area contributed by atoms with Gasteiger partial charge in [0.05, 0.1) is 23.8 Å². The zero-order chi connectivity index (χ0) is 40.0. The van der Waals surface area contributed by atoms with Gasteiger partial charge in [-0.2, -0.15) is 10.2 Å². The van der Waals surface area contributed by atoms with Crippen LogP contribution in [0.4, 0.5) is 11.6 Å². The van der Waals surface area contributed by atoms with Crippen molar-refractivity contribution in [2.24, 2.45) is 0 Å². The highest BCUT2D eigenvalue weighted by molar-refractivity contribution is 6.01. The number of hydrogen-bond acceptors (Lipinski definition) is 12. The first-order chi connectivity index (χ1) is 28.4. The van der Waals surface area contributed by atoms with Crippen LogP contribution >= 0.6 is 0 Å². The summed E-state index contributed by atoms with van der Waals surface area (Å²) in [4.78, 5) is 43.4. The number of fused-ring (bicyclic) bond motifs is 3. The second-order valence-electron chi connectivity index (χ2n) is 13.2. The van der Waals surface area contributed by atoms with E-state index in [1.165, 1.54) is 0 Å². The lowest BCUT2D eigenvalue weighted by Gasteiger charge is -2.25. The third-order valence-corrected chi connectivity index (χ3v) is 9.52. The molecule has 60 heavy (non-hydrogen) atoms. The van der Waals surface area contributed by atoms with Crippen LogP contribution in [0.25, 0.3) is 44.5 Å². The summed E-state index contributed by atoms with van der Waals surface area (Å²) in [6.45, 7) is 0.219. The lowest BCUT2D eigenvalue weighted by Crippen LogP contribution is -2.20. The first-order valence-electron chi connectivity index (χ1n) is 18.1. The Morgan fingerprint density at radius 3 is 1.98 bits per heavy atom. The van der Waals surface area contributed by atoms with Crippen molar-refractivity contribution in [1.29, 1.82) is 0 Å². The van der Waals surface area contributed by atoms with Crippen LogP contribution in [0.2, 0.25) is 0 Å². The Balaban J connectivity index is 0.000000156. The van der Waals surface area contributed by atoms with Crippen molar-refractivity contribution in [1.82, 2.24) is 20.4 Å². The fraction of sp³-hybridized carbons (Fsp3) is 0.130. The number of ketones is 1. The highest BCUT2D eigenvalue weighted by Gasteiger charge is 2.42. The summed E-state index contributed by atoms with van der Waals surface area (Å²) in [6, 6.07) is 37.0. The number of nitrogens with zero attached hydrogens (tertiary/aromatic N) is 2. The van der Waals surface area contributed by atoms with Crippen LogP contribution in [0.3, 0.4) is 0 Å². The molecule has 0 bridgehead atoms. The highest BCUT2D eigenvalue weighted by atomic mass is 16.5. The number of rotatable bonds is 4. The summed E-state index contributed by atoms with van der Waals surface area (Å²) in [6.07, 6.45) is 4.09. The number of carbonyl (C=O) groups excluding carboxylic acids is 4. The molecule has 1 atom stereocenters. The van der Waals surface area contributed by atoms with Crippen LogP contribution in [0.1, 0.15) is 48.7 Å². The molecule has 304 valence electrons. The Morgan fingerprint density at radius 1 is 0.700 bits per heavy atom. The summed E-state index contributed by atoms with van der Waals surface area (Å²) in [5, 5.41) is 21.7. The number of nitrogens with two attached hydrogens (primary N) is 1. The standard InChI is InChI=1S/C22H15N3O3.C11H8O.C7H7N3O.C4H4O3.2CH4/c26-22-18-15(11-28-22)23-21-19(20(24-25-21)16-9-4-10-27-16)17(18)14-8-3-6-12-5-1-2-7-13(12)14;12-8-10-6-3-5-9-4-1-2-7-11(9)10;8-7-4-5(9-10-7)6-2-1-3-11-6;5-3-1-4(6)7-2-3;;/h1-10,17H,11H2,(H2,23,24,25);1-8H;1-4H,(H3,8,9,10);1-2H2;2*1H4. The van der Waals surface area contributed by atoms with Crippen LogP contribution in [0.15, 0.2) is 148 Å². The molecule has 8 aromatic rings. The maximum atomic E-state index is 12.7. The molecule has 11 rings (SSSR count). The Hall–Kier alpha value is -8.00. The van der Waals surface area contributed by atoms with Gasteiger partial charge in [0.15, 0.2) is 36.0 Å². The van der Waals surface area contributed by atoms with Crippen LogP contribution in [-0.2, 0) is 23.9 Å². The largest absolute Gasteiger partial charge is 0.463 e. The van der Waals surface area contributed by atoms with Gasteiger partial charge in [-0.1, -0.05) is 99.8 Å². The van der Waals surface area contributed by atoms with Crippen molar-refractivity contribution in [2.45, 2.75) is 27.2 Å². The molecule has 1 saturated heterocycles. The Labute approximate surface area is 344 Å². The van der Waals surface area contributed by atoms with Gasteiger partial charge in [-0.15, -0.1) is 0 Å². The summed E-state index contributed by atoms with van der Waals surface area (Å²) in [5.74, 6) is 1.47. The van der Waals surface area contributed by atoms with E-state index < -0.39 is 5.97 Å². The average molecular weight is 807 g/mol. The monoisotopic (exact) mass is 806 g/mol. The van der Waals surface area contributed by atoms with Gasteiger partial charge in [0, 0.05) is 23.1 Å². The van der Waals surface area contributed by atoms with E-state index in [1.54, 1.807) is 18.6 Å². The molecule has 14 nitrogen and oxygen atoms in total. The second kappa shape index (κ2) is 18.5. The molecule has 3 aliphatic heterocycles. The number of nitrogens with one attached hydrogen (secondary N) is 3. The molecular formula is C46H42N6O8. The van der Waals surface area contributed by atoms with Crippen LogP contribution < -0.4 is 11.1 Å². The number of benzene rings is 4. The Morgan fingerprint density at radius 2 is 1.37 bits per heavy atom. The number of H-pyrrole nitrogens is 2.